The van der Waals surface area contributed by atoms with Gasteiger partial charge in [0, 0.05) is 43.6 Å². The van der Waals surface area contributed by atoms with Crippen molar-refractivity contribution < 1.29 is 0 Å². The fourth-order valence-corrected chi connectivity index (χ4v) is 3.22. The van der Waals surface area contributed by atoms with Crippen molar-refractivity contribution in [2.24, 2.45) is 0 Å². The van der Waals surface area contributed by atoms with Gasteiger partial charge in [-0.1, -0.05) is 0 Å². The Morgan fingerprint density at radius 3 is 2.86 bits per heavy atom. The summed E-state index contributed by atoms with van der Waals surface area (Å²) in [7, 11) is 0. The molecule has 1 N–H and O–H groups in total. The molecule has 3 aromatic rings. The van der Waals surface area contributed by atoms with Crippen LogP contribution in [0, 0.1) is 13.8 Å². The Morgan fingerprint density at radius 2 is 2.10 bits per heavy atom. The number of nitrogens with one attached hydrogen (secondary N) is 1. The first-order valence-corrected chi connectivity index (χ1v) is 7.84. The van der Waals surface area contributed by atoms with Gasteiger partial charge in [-0.3, -0.25) is 4.98 Å². The average Bonchev–Trinajstić information content (AvgIpc) is 3.09. The first kappa shape index (κ1) is 13.8. The number of hydrogen-bond acceptors (Lipinski definition) is 4. The number of rotatable bonds is 5. The molecule has 0 unspecified atom stereocenters. The van der Waals surface area contributed by atoms with E-state index in [1.807, 2.05) is 30.9 Å². The fraction of sp³-hybridized carbons (Fsp3) is 0.250. The van der Waals surface area contributed by atoms with Gasteiger partial charge in [-0.15, -0.1) is 11.3 Å². The van der Waals surface area contributed by atoms with Gasteiger partial charge in [-0.05, 0) is 42.5 Å². The summed E-state index contributed by atoms with van der Waals surface area (Å²) in [5, 5.41) is 5.57. The summed E-state index contributed by atoms with van der Waals surface area (Å²) < 4.78 is 2.20. The summed E-state index contributed by atoms with van der Waals surface area (Å²) >= 11 is 1.74. The number of aromatic nitrogens is 3. The Kier molecular flexibility index (Phi) is 4.01. The Labute approximate surface area is 128 Å². The van der Waals surface area contributed by atoms with E-state index in [-0.39, 0.29) is 0 Å². The third-order valence-electron chi connectivity index (χ3n) is 3.47. The van der Waals surface area contributed by atoms with Crippen LogP contribution < -0.4 is 5.32 Å². The quantitative estimate of drug-likeness (QED) is 0.780. The van der Waals surface area contributed by atoms with Crippen molar-refractivity contribution in [1.29, 1.82) is 0 Å². The van der Waals surface area contributed by atoms with E-state index in [1.54, 1.807) is 11.3 Å². The van der Waals surface area contributed by atoms with Crippen molar-refractivity contribution in [2.75, 3.05) is 11.9 Å². The summed E-state index contributed by atoms with van der Waals surface area (Å²) in [6.07, 6.45) is 7.59. The molecule has 0 aliphatic carbocycles. The molecular weight excluding hydrogens is 280 g/mol. The molecule has 3 aromatic heterocycles. The zero-order chi connectivity index (χ0) is 14.7. The summed E-state index contributed by atoms with van der Waals surface area (Å²) in [6, 6.07) is 4.14. The van der Waals surface area contributed by atoms with Crippen LogP contribution in [-0.4, -0.2) is 21.1 Å². The van der Waals surface area contributed by atoms with Gasteiger partial charge < -0.3 is 9.88 Å². The van der Waals surface area contributed by atoms with Gasteiger partial charge in [-0.25, -0.2) is 4.98 Å². The SMILES string of the molecule is Cc1cnccc1NCCn1ccnc1-c1sccc1C. The highest BCUT2D eigenvalue weighted by Crippen LogP contribution is 2.27. The normalized spacial score (nSPS) is 10.8. The monoisotopic (exact) mass is 298 g/mol. The van der Waals surface area contributed by atoms with Crippen molar-refractivity contribution >= 4 is 17.0 Å². The van der Waals surface area contributed by atoms with E-state index >= 15 is 0 Å². The molecule has 0 saturated heterocycles. The van der Waals surface area contributed by atoms with E-state index < -0.39 is 0 Å². The maximum atomic E-state index is 4.50. The minimum Gasteiger partial charge on any atom is -0.383 e. The van der Waals surface area contributed by atoms with Gasteiger partial charge in [0.25, 0.3) is 0 Å². The highest BCUT2D eigenvalue weighted by Gasteiger charge is 2.09. The highest BCUT2D eigenvalue weighted by molar-refractivity contribution is 7.13. The second-order valence-electron chi connectivity index (χ2n) is 4.99. The van der Waals surface area contributed by atoms with Crippen LogP contribution in [0.15, 0.2) is 42.3 Å². The van der Waals surface area contributed by atoms with Crippen LogP contribution in [0.25, 0.3) is 10.7 Å². The number of imidazole rings is 1. The minimum atomic E-state index is 0.860. The number of nitrogens with zero attached hydrogens (tertiary/aromatic N) is 3. The second-order valence-corrected chi connectivity index (χ2v) is 5.91. The van der Waals surface area contributed by atoms with Crippen LogP contribution in [0.5, 0.6) is 0 Å². The summed E-state index contributed by atoms with van der Waals surface area (Å²) in [5.74, 6) is 1.05. The van der Waals surface area contributed by atoms with E-state index in [4.69, 9.17) is 0 Å². The third-order valence-corrected chi connectivity index (χ3v) is 4.48. The Morgan fingerprint density at radius 1 is 1.19 bits per heavy atom. The van der Waals surface area contributed by atoms with Crippen molar-refractivity contribution in [3.05, 3.63) is 53.4 Å². The average molecular weight is 298 g/mol. The van der Waals surface area contributed by atoms with Gasteiger partial charge in [0.2, 0.25) is 0 Å². The van der Waals surface area contributed by atoms with Gasteiger partial charge in [0.05, 0.1) is 4.88 Å². The molecule has 0 atom stereocenters. The molecule has 5 heteroatoms. The number of thiophene rings is 1. The maximum Gasteiger partial charge on any atom is 0.150 e. The van der Waals surface area contributed by atoms with Crippen LogP contribution in [0.1, 0.15) is 11.1 Å². The van der Waals surface area contributed by atoms with Crippen molar-refractivity contribution in [2.45, 2.75) is 20.4 Å². The van der Waals surface area contributed by atoms with Crippen molar-refractivity contribution in [1.82, 2.24) is 14.5 Å². The Bertz CT molecular complexity index is 729. The third kappa shape index (κ3) is 2.97. The molecule has 21 heavy (non-hydrogen) atoms. The Balaban J connectivity index is 1.69. The molecule has 0 fully saturated rings. The molecule has 0 radical (unpaired) electrons. The molecular formula is C16H18N4S. The topological polar surface area (TPSA) is 42.7 Å². The van der Waals surface area contributed by atoms with Crippen LogP contribution in [0.4, 0.5) is 5.69 Å². The van der Waals surface area contributed by atoms with Crippen LogP contribution in [0.2, 0.25) is 0 Å². The molecule has 3 rings (SSSR count). The zero-order valence-corrected chi connectivity index (χ0v) is 13.0. The van der Waals surface area contributed by atoms with Gasteiger partial charge in [0.1, 0.15) is 5.82 Å². The largest absolute Gasteiger partial charge is 0.383 e. The molecule has 108 valence electrons. The molecule has 0 spiro atoms. The molecule has 0 aliphatic rings. The van der Waals surface area contributed by atoms with E-state index in [0.717, 1.165) is 30.2 Å². The van der Waals surface area contributed by atoms with Crippen LogP contribution in [-0.2, 0) is 6.54 Å². The number of anilines is 1. The lowest BCUT2D eigenvalue weighted by atomic mass is 10.2. The lowest BCUT2D eigenvalue weighted by Crippen LogP contribution is -2.11. The lowest BCUT2D eigenvalue weighted by Gasteiger charge is -2.11. The molecule has 0 amide bonds. The molecule has 0 saturated carbocycles. The van der Waals surface area contributed by atoms with Crippen molar-refractivity contribution in [3.8, 4) is 10.7 Å². The Hall–Kier alpha value is -2.14. The molecule has 0 aliphatic heterocycles. The molecule has 3 heterocycles. The number of aryl methyl sites for hydroxylation is 2. The second kappa shape index (κ2) is 6.10. The summed E-state index contributed by atoms with van der Waals surface area (Å²) in [5.41, 5.74) is 3.59. The number of hydrogen-bond donors (Lipinski definition) is 1. The lowest BCUT2D eigenvalue weighted by molar-refractivity contribution is 0.735. The van der Waals surface area contributed by atoms with E-state index in [9.17, 15) is 0 Å². The van der Waals surface area contributed by atoms with Crippen LogP contribution >= 0.6 is 11.3 Å². The first-order valence-electron chi connectivity index (χ1n) is 6.96. The summed E-state index contributed by atoms with van der Waals surface area (Å²) in [4.78, 5) is 9.86. The fourth-order valence-electron chi connectivity index (χ4n) is 2.28. The maximum absolute atomic E-state index is 4.50. The molecule has 0 aromatic carbocycles. The minimum absolute atomic E-state index is 0.860. The van der Waals surface area contributed by atoms with Crippen molar-refractivity contribution in [3.63, 3.8) is 0 Å². The number of pyridine rings is 1. The van der Waals surface area contributed by atoms with E-state index in [2.05, 4.69) is 45.1 Å². The molecule has 0 bridgehead atoms. The predicted octanol–water partition coefficient (Wildman–Crippen LogP) is 3.74. The van der Waals surface area contributed by atoms with E-state index in [0.29, 0.717) is 0 Å². The molecule has 4 nitrogen and oxygen atoms in total. The highest BCUT2D eigenvalue weighted by atomic mass is 32.1. The zero-order valence-electron chi connectivity index (χ0n) is 12.2. The summed E-state index contributed by atoms with van der Waals surface area (Å²) in [6.45, 7) is 5.93. The standard InChI is InChI=1S/C16H18N4S/c1-12-4-10-21-15(12)16-19-7-9-20(16)8-6-18-14-3-5-17-11-13(14)2/h3-5,7,9-11H,6,8H2,1-2H3,(H,17,18). The van der Waals surface area contributed by atoms with Gasteiger partial charge in [0.15, 0.2) is 0 Å². The smallest absolute Gasteiger partial charge is 0.150 e. The van der Waals surface area contributed by atoms with E-state index in [1.165, 1.54) is 10.4 Å². The van der Waals surface area contributed by atoms with Crippen LogP contribution in [0.3, 0.4) is 0 Å². The van der Waals surface area contributed by atoms with Gasteiger partial charge in [-0.2, -0.15) is 0 Å². The van der Waals surface area contributed by atoms with Gasteiger partial charge >= 0.3 is 0 Å². The first-order chi connectivity index (χ1) is 10.3. The predicted molar refractivity (Wildman–Crippen MR) is 87.7 cm³/mol.